The number of nitrogens with two attached hydrogens (primary N) is 1. The lowest BCUT2D eigenvalue weighted by atomic mass is 9.88. The molecule has 6 heteroatoms. The molecule has 1 aliphatic rings. The summed E-state index contributed by atoms with van der Waals surface area (Å²) in [6.45, 7) is 11.1. The molecule has 0 aromatic carbocycles. The van der Waals surface area contributed by atoms with E-state index in [4.69, 9.17) is 10.9 Å². The fraction of sp³-hybridized carbons (Fsp3) is 0.867. The maximum atomic E-state index is 12.5. The average molecular weight is 298 g/mol. The largest absolute Gasteiger partial charge is 0.409 e. The molecule has 1 atom stereocenters. The van der Waals surface area contributed by atoms with Gasteiger partial charge >= 0.3 is 0 Å². The zero-order chi connectivity index (χ0) is 16.0. The van der Waals surface area contributed by atoms with Crippen LogP contribution >= 0.6 is 0 Å². The third-order valence-electron chi connectivity index (χ3n) is 4.52. The molecule has 1 amide bonds. The molecular formula is C15H30N4O2. The molecule has 1 unspecified atom stereocenters. The van der Waals surface area contributed by atoms with Crippen LogP contribution in [0.4, 0.5) is 0 Å². The summed E-state index contributed by atoms with van der Waals surface area (Å²) in [6.07, 6.45) is 2.68. The zero-order valence-electron chi connectivity index (χ0n) is 13.8. The van der Waals surface area contributed by atoms with E-state index in [1.54, 1.807) is 0 Å². The number of amides is 1. The van der Waals surface area contributed by atoms with Gasteiger partial charge in [-0.3, -0.25) is 9.69 Å². The third-order valence-corrected chi connectivity index (χ3v) is 4.52. The van der Waals surface area contributed by atoms with Crippen LogP contribution in [0.5, 0.6) is 0 Å². The Morgan fingerprint density at radius 3 is 2.29 bits per heavy atom. The third kappa shape index (κ3) is 4.33. The first-order chi connectivity index (χ1) is 9.87. The minimum absolute atomic E-state index is 0.0311. The van der Waals surface area contributed by atoms with E-state index in [1.807, 2.05) is 25.7 Å². The second-order valence-electron chi connectivity index (χ2n) is 6.39. The molecule has 3 N–H and O–H groups in total. The molecule has 0 aromatic heterocycles. The number of rotatable bonds is 6. The van der Waals surface area contributed by atoms with E-state index >= 15 is 0 Å². The second-order valence-corrected chi connectivity index (χ2v) is 6.39. The normalized spacial score (nSPS) is 19.6. The number of hydrogen-bond acceptors (Lipinski definition) is 4. The van der Waals surface area contributed by atoms with Crippen molar-refractivity contribution < 1.29 is 10.0 Å². The van der Waals surface area contributed by atoms with Crippen LogP contribution in [-0.4, -0.2) is 59.0 Å². The Morgan fingerprint density at radius 1 is 1.29 bits per heavy atom. The van der Waals surface area contributed by atoms with Crippen molar-refractivity contribution in [1.82, 2.24) is 9.80 Å². The van der Waals surface area contributed by atoms with Crippen LogP contribution in [0.15, 0.2) is 5.16 Å². The van der Waals surface area contributed by atoms with E-state index < -0.39 is 0 Å². The molecule has 1 heterocycles. The van der Waals surface area contributed by atoms with Crippen molar-refractivity contribution >= 4 is 11.7 Å². The van der Waals surface area contributed by atoms with Crippen LogP contribution < -0.4 is 5.73 Å². The standard InChI is InChI=1S/C15H30N4O2/c1-5-7-12(13(16)17-21)18-8-10-19(11-9-18)14(20)15(3,4)6-2/h12,21H,5-11H2,1-4H3,(H2,16,17). The molecule has 0 radical (unpaired) electrons. The number of amidine groups is 1. The number of hydrogen-bond donors (Lipinski definition) is 2. The van der Waals surface area contributed by atoms with Gasteiger partial charge in [0, 0.05) is 31.6 Å². The van der Waals surface area contributed by atoms with E-state index in [1.165, 1.54) is 0 Å². The van der Waals surface area contributed by atoms with Gasteiger partial charge in [-0.05, 0) is 12.8 Å². The van der Waals surface area contributed by atoms with E-state index in [9.17, 15) is 4.79 Å². The van der Waals surface area contributed by atoms with Crippen LogP contribution in [0.1, 0.15) is 47.0 Å². The molecule has 0 spiro atoms. The van der Waals surface area contributed by atoms with Crippen molar-refractivity contribution in [2.24, 2.45) is 16.3 Å². The molecule has 0 aromatic rings. The van der Waals surface area contributed by atoms with Crippen LogP contribution in [0.2, 0.25) is 0 Å². The Labute approximate surface area is 128 Å². The lowest BCUT2D eigenvalue weighted by Crippen LogP contribution is -2.56. The Morgan fingerprint density at radius 2 is 1.86 bits per heavy atom. The first kappa shape index (κ1) is 17.8. The lowest BCUT2D eigenvalue weighted by Gasteiger charge is -2.41. The summed E-state index contributed by atoms with van der Waals surface area (Å²) in [4.78, 5) is 16.6. The van der Waals surface area contributed by atoms with Crippen molar-refractivity contribution in [1.29, 1.82) is 0 Å². The van der Waals surface area contributed by atoms with E-state index in [0.717, 1.165) is 32.4 Å². The SMILES string of the molecule is CCCC(C(N)=NO)N1CCN(C(=O)C(C)(C)CC)CC1. The maximum absolute atomic E-state index is 12.5. The van der Waals surface area contributed by atoms with E-state index in [0.29, 0.717) is 13.1 Å². The summed E-state index contributed by atoms with van der Waals surface area (Å²) >= 11 is 0. The molecule has 1 rings (SSSR count). The Hall–Kier alpha value is -1.30. The van der Waals surface area contributed by atoms with Gasteiger partial charge in [-0.1, -0.05) is 39.3 Å². The molecule has 0 saturated carbocycles. The fourth-order valence-corrected chi connectivity index (χ4v) is 2.67. The van der Waals surface area contributed by atoms with Gasteiger partial charge in [-0.25, -0.2) is 0 Å². The highest BCUT2D eigenvalue weighted by Gasteiger charge is 2.33. The van der Waals surface area contributed by atoms with Crippen molar-refractivity contribution in [3.63, 3.8) is 0 Å². The van der Waals surface area contributed by atoms with Crippen LogP contribution in [0.3, 0.4) is 0 Å². The fourth-order valence-electron chi connectivity index (χ4n) is 2.67. The highest BCUT2D eigenvalue weighted by atomic mass is 16.4. The van der Waals surface area contributed by atoms with Crippen molar-refractivity contribution in [3.05, 3.63) is 0 Å². The number of nitrogens with zero attached hydrogens (tertiary/aromatic N) is 3. The molecule has 0 aliphatic carbocycles. The molecule has 6 nitrogen and oxygen atoms in total. The Kier molecular flexibility index (Phi) is 6.45. The van der Waals surface area contributed by atoms with Gasteiger partial charge < -0.3 is 15.8 Å². The summed E-state index contributed by atoms with van der Waals surface area (Å²) in [5.74, 6) is 0.492. The number of oxime groups is 1. The second kappa shape index (κ2) is 7.64. The molecule has 0 bridgehead atoms. The quantitative estimate of drug-likeness (QED) is 0.337. The summed E-state index contributed by atoms with van der Waals surface area (Å²) in [5, 5.41) is 12.1. The summed E-state index contributed by atoms with van der Waals surface area (Å²) in [5.41, 5.74) is 5.50. The predicted molar refractivity (Wildman–Crippen MR) is 84.3 cm³/mol. The van der Waals surface area contributed by atoms with Crippen LogP contribution in [-0.2, 0) is 4.79 Å². The summed E-state index contributed by atoms with van der Waals surface area (Å²) in [6, 6.07) is -0.0311. The molecular weight excluding hydrogens is 268 g/mol. The first-order valence-corrected chi connectivity index (χ1v) is 7.88. The van der Waals surface area contributed by atoms with Crippen molar-refractivity contribution in [2.45, 2.75) is 53.0 Å². The topological polar surface area (TPSA) is 82.2 Å². The highest BCUT2D eigenvalue weighted by Crippen LogP contribution is 2.24. The van der Waals surface area contributed by atoms with Crippen molar-refractivity contribution in [3.8, 4) is 0 Å². The summed E-state index contributed by atoms with van der Waals surface area (Å²) < 4.78 is 0. The van der Waals surface area contributed by atoms with Gasteiger partial charge in [0.1, 0.15) is 0 Å². The van der Waals surface area contributed by atoms with Gasteiger partial charge in [0.2, 0.25) is 5.91 Å². The summed E-state index contributed by atoms with van der Waals surface area (Å²) in [7, 11) is 0. The monoisotopic (exact) mass is 298 g/mol. The molecule has 1 fully saturated rings. The Balaban J connectivity index is 2.64. The first-order valence-electron chi connectivity index (χ1n) is 7.88. The molecule has 21 heavy (non-hydrogen) atoms. The Bertz CT molecular complexity index is 374. The minimum Gasteiger partial charge on any atom is -0.409 e. The highest BCUT2D eigenvalue weighted by molar-refractivity contribution is 5.85. The van der Waals surface area contributed by atoms with Gasteiger partial charge in [0.25, 0.3) is 0 Å². The van der Waals surface area contributed by atoms with Gasteiger partial charge in [0.05, 0.1) is 6.04 Å². The minimum atomic E-state index is -0.295. The zero-order valence-corrected chi connectivity index (χ0v) is 13.8. The number of carbonyl (C=O) groups excluding carboxylic acids is 1. The molecule has 1 saturated heterocycles. The van der Waals surface area contributed by atoms with Gasteiger partial charge in [0.15, 0.2) is 5.84 Å². The predicted octanol–water partition coefficient (Wildman–Crippen LogP) is 1.48. The maximum Gasteiger partial charge on any atom is 0.228 e. The van der Waals surface area contributed by atoms with Crippen LogP contribution in [0.25, 0.3) is 0 Å². The number of carbonyl (C=O) groups is 1. The van der Waals surface area contributed by atoms with Gasteiger partial charge in [-0.2, -0.15) is 0 Å². The van der Waals surface area contributed by atoms with Crippen LogP contribution in [0, 0.1) is 5.41 Å². The van der Waals surface area contributed by atoms with E-state index in [-0.39, 0.29) is 23.2 Å². The molecule has 122 valence electrons. The van der Waals surface area contributed by atoms with Gasteiger partial charge in [-0.15, -0.1) is 0 Å². The molecule has 1 aliphatic heterocycles. The van der Waals surface area contributed by atoms with Crippen molar-refractivity contribution in [2.75, 3.05) is 26.2 Å². The number of piperazine rings is 1. The average Bonchev–Trinajstić information content (AvgIpc) is 2.51. The smallest absolute Gasteiger partial charge is 0.228 e. The van der Waals surface area contributed by atoms with E-state index in [2.05, 4.69) is 17.0 Å². The lowest BCUT2D eigenvalue weighted by molar-refractivity contribution is -0.142.